The second-order valence-corrected chi connectivity index (χ2v) is 25.3. The Kier molecular flexibility index (Phi) is 20.6. The third-order valence-corrected chi connectivity index (χ3v) is 21.2. The number of unbranched alkanes of at least 4 members (excludes halogenated alkanes) is 15. The van der Waals surface area contributed by atoms with E-state index in [2.05, 4.69) is 170 Å². The van der Waals surface area contributed by atoms with Crippen molar-refractivity contribution in [1.29, 1.82) is 0 Å². The molecule has 0 fully saturated rings. The van der Waals surface area contributed by atoms with Crippen LogP contribution in [-0.4, -0.2) is 4.57 Å². The predicted molar refractivity (Wildman–Crippen MR) is 321 cm³/mol. The number of nitrogens with zero attached hydrogens (tertiary/aromatic N) is 1. The second kappa shape index (κ2) is 27.2. The molecule has 6 heterocycles. The highest BCUT2D eigenvalue weighted by Crippen LogP contribution is 2.51. The quantitative estimate of drug-likeness (QED) is 0.0382. The first-order chi connectivity index (χ1) is 34.5. The highest BCUT2D eigenvalue weighted by molar-refractivity contribution is 7.30. The molecule has 0 atom stereocenters. The van der Waals surface area contributed by atoms with Crippen molar-refractivity contribution in [2.45, 2.75) is 209 Å². The minimum Gasteiger partial charge on any atom is -0.341 e. The van der Waals surface area contributed by atoms with Crippen molar-refractivity contribution in [2.75, 3.05) is 0 Å². The number of thiophene rings is 5. The van der Waals surface area contributed by atoms with Crippen molar-refractivity contribution in [3.8, 4) is 49.5 Å². The van der Waals surface area contributed by atoms with E-state index in [1.807, 2.05) is 11.3 Å². The SMILES string of the molecule is CCCCCCc1cc(-c2sc(-c3sc(-c4sc(-c5sccc5CCCCCC)cc4CCCCCC)cc3CCCCCC)cc2CCCCCC)sc1-c1ccc2c(c1)c1ccccc1n2CC. The van der Waals surface area contributed by atoms with Crippen molar-refractivity contribution in [3.05, 3.63) is 106 Å². The number of hydrogen-bond donors (Lipinski definition) is 0. The summed E-state index contributed by atoms with van der Waals surface area (Å²) in [6.45, 7) is 15.0. The Hall–Kier alpha value is -3.26. The van der Waals surface area contributed by atoms with E-state index in [1.54, 1.807) is 37.6 Å². The zero-order valence-corrected chi connectivity index (χ0v) is 48.0. The molecule has 0 amide bonds. The van der Waals surface area contributed by atoms with Crippen LogP contribution in [0, 0.1) is 0 Å². The summed E-state index contributed by atoms with van der Waals surface area (Å²) in [4.78, 5) is 13.6. The summed E-state index contributed by atoms with van der Waals surface area (Å²) in [5, 5.41) is 5.11. The molecule has 0 aliphatic rings. The standard InChI is InChI=1S/C64H83NS5/c1-7-13-18-23-30-46-39-40-66-61(46)56-43-48(32-25-20-15-9-3)63(68-56)58-45-50(34-27-22-17-11-5)64(70-58)59-44-49(33-26-21-16-10-4)62(69-59)57-42-47(31-24-19-14-8-2)60(67-57)51-37-38-55-53(41-51)52-35-28-29-36-54(52)65(55)12-6/h28-29,35-45H,7-27,30-34H2,1-6H3. The van der Waals surface area contributed by atoms with Gasteiger partial charge in [-0.15, -0.1) is 56.7 Å². The molecule has 6 aromatic heterocycles. The molecule has 0 radical (unpaired) electrons. The van der Waals surface area contributed by atoms with Gasteiger partial charge in [-0.25, -0.2) is 0 Å². The first kappa shape index (κ1) is 53.0. The van der Waals surface area contributed by atoms with Gasteiger partial charge in [-0.1, -0.05) is 155 Å². The summed E-state index contributed by atoms with van der Waals surface area (Å²) < 4.78 is 2.49. The van der Waals surface area contributed by atoms with E-state index < -0.39 is 0 Å². The van der Waals surface area contributed by atoms with Crippen molar-refractivity contribution >= 4 is 78.5 Å². The summed E-state index contributed by atoms with van der Waals surface area (Å²) in [6, 6.07) is 29.4. The molecule has 0 bridgehead atoms. The van der Waals surface area contributed by atoms with Crippen LogP contribution in [0.2, 0.25) is 0 Å². The van der Waals surface area contributed by atoms with Crippen molar-refractivity contribution in [3.63, 3.8) is 0 Å². The number of fused-ring (bicyclic) bond motifs is 3. The van der Waals surface area contributed by atoms with Crippen LogP contribution in [0.15, 0.2) is 78.2 Å². The molecular weight excluding hydrogens is 943 g/mol. The number of hydrogen-bond acceptors (Lipinski definition) is 5. The van der Waals surface area contributed by atoms with E-state index in [4.69, 9.17) is 0 Å². The smallest absolute Gasteiger partial charge is 0.0491 e. The van der Waals surface area contributed by atoms with Gasteiger partial charge < -0.3 is 4.57 Å². The maximum Gasteiger partial charge on any atom is 0.0491 e. The van der Waals surface area contributed by atoms with Gasteiger partial charge in [-0.2, -0.15) is 0 Å². The Labute approximate surface area is 443 Å². The molecule has 0 aliphatic carbocycles. The third kappa shape index (κ3) is 12.9. The molecule has 1 nitrogen and oxygen atoms in total. The average molecular weight is 1030 g/mol. The Bertz CT molecular complexity index is 2830. The Morgan fingerprint density at radius 2 is 0.743 bits per heavy atom. The fourth-order valence-corrected chi connectivity index (χ4v) is 17.1. The highest BCUT2D eigenvalue weighted by Gasteiger charge is 2.24. The molecule has 0 unspecified atom stereocenters. The maximum absolute atomic E-state index is 2.67. The van der Waals surface area contributed by atoms with E-state index in [-0.39, 0.29) is 0 Å². The Balaban J connectivity index is 1.21. The third-order valence-electron chi connectivity index (χ3n) is 14.7. The summed E-state index contributed by atoms with van der Waals surface area (Å²) in [5.41, 5.74) is 12.0. The minimum atomic E-state index is 0.979. The van der Waals surface area contributed by atoms with Crippen LogP contribution in [0.3, 0.4) is 0 Å². The topological polar surface area (TPSA) is 4.93 Å². The Morgan fingerprint density at radius 1 is 0.343 bits per heavy atom. The lowest BCUT2D eigenvalue weighted by Crippen LogP contribution is -1.92. The van der Waals surface area contributed by atoms with Crippen molar-refractivity contribution in [1.82, 2.24) is 4.57 Å². The first-order valence-electron chi connectivity index (χ1n) is 28.1. The first-order valence-corrected chi connectivity index (χ1v) is 32.2. The number of benzene rings is 2. The van der Waals surface area contributed by atoms with Crippen LogP contribution in [-0.2, 0) is 38.6 Å². The number of aryl methyl sites for hydroxylation is 6. The zero-order chi connectivity index (χ0) is 48.7. The lowest BCUT2D eigenvalue weighted by atomic mass is 10.0. The number of rotatable bonds is 31. The predicted octanol–water partition coefficient (Wildman–Crippen LogP) is 23.1. The van der Waals surface area contributed by atoms with Gasteiger partial charge in [0.15, 0.2) is 0 Å². The monoisotopic (exact) mass is 1030 g/mol. The van der Waals surface area contributed by atoms with Gasteiger partial charge in [0.2, 0.25) is 0 Å². The molecule has 0 saturated carbocycles. The molecule has 0 saturated heterocycles. The highest BCUT2D eigenvalue weighted by atomic mass is 32.1. The van der Waals surface area contributed by atoms with Gasteiger partial charge in [0, 0.05) is 72.2 Å². The van der Waals surface area contributed by atoms with Crippen LogP contribution >= 0.6 is 56.7 Å². The fraction of sp³-hybridized carbons (Fsp3) is 0.500. The van der Waals surface area contributed by atoms with Gasteiger partial charge in [-0.05, 0) is 158 Å². The van der Waals surface area contributed by atoms with E-state index >= 15 is 0 Å². The summed E-state index contributed by atoms with van der Waals surface area (Å²) >= 11 is 10.4. The van der Waals surface area contributed by atoms with Gasteiger partial charge >= 0.3 is 0 Å². The van der Waals surface area contributed by atoms with Gasteiger partial charge in [0.25, 0.3) is 0 Å². The van der Waals surface area contributed by atoms with Crippen LogP contribution < -0.4 is 0 Å². The molecule has 0 N–H and O–H groups in total. The van der Waals surface area contributed by atoms with Crippen LogP contribution in [0.4, 0.5) is 0 Å². The maximum atomic E-state index is 2.67. The lowest BCUT2D eigenvalue weighted by molar-refractivity contribution is 0.667. The average Bonchev–Trinajstić information content (AvgIpc) is 4.26. The molecule has 8 aromatic rings. The minimum absolute atomic E-state index is 0.979. The van der Waals surface area contributed by atoms with Crippen molar-refractivity contribution in [2.24, 2.45) is 0 Å². The van der Waals surface area contributed by atoms with E-state index in [9.17, 15) is 0 Å². The molecule has 70 heavy (non-hydrogen) atoms. The molecular formula is C64H83NS5. The second-order valence-electron chi connectivity index (χ2n) is 20.2. The summed E-state index contributed by atoms with van der Waals surface area (Å²) in [6.07, 6.45) is 31.9. The molecule has 6 heteroatoms. The summed E-state index contributed by atoms with van der Waals surface area (Å²) in [5.74, 6) is 0. The molecule has 0 aliphatic heterocycles. The van der Waals surface area contributed by atoms with Crippen LogP contribution in [0.1, 0.15) is 198 Å². The van der Waals surface area contributed by atoms with Gasteiger partial charge in [0.05, 0.1) is 0 Å². The van der Waals surface area contributed by atoms with Gasteiger partial charge in [-0.3, -0.25) is 0 Å². The Morgan fingerprint density at radius 3 is 1.20 bits per heavy atom. The lowest BCUT2D eigenvalue weighted by Gasteiger charge is -2.06. The van der Waals surface area contributed by atoms with E-state index in [0.29, 0.717) is 0 Å². The van der Waals surface area contributed by atoms with Crippen LogP contribution in [0.5, 0.6) is 0 Å². The van der Waals surface area contributed by atoms with E-state index in [0.717, 1.165) is 19.4 Å². The molecule has 8 rings (SSSR count). The number of aromatic nitrogens is 1. The molecule has 2 aromatic carbocycles. The number of para-hydroxylation sites is 1. The fourth-order valence-electron chi connectivity index (χ4n) is 10.8. The normalized spacial score (nSPS) is 11.9. The van der Waals surface area contributed by atoms with Gasteiger partial charge in [0.1, 0.15) is 0 Å². The van der Waals surface area contributed by atoms with E-state index in [1.165, 1.54) is 209 Å². The summed E-state index contributed by atoms with van der Waals surface area (Å²) in [7, 11) is 0. The van der Waals surface area contributed by atoms with Crippen LogP contribution in [0.25, 0.3) is 71.3 Å². The molecule has 0 spiro atoms. The van der Waals surface area contributed by atoms with Crippen molar-refractivity contribution < 1.29 is 0 Å². The molecule has 374 valence electrons. The zero-order valence-electron chi connectivity index (χ0n) is 43.9. The largest absolute Gasteiger partial charge is 0.341 e.